The number of carbonyl (C=O) groups is 11. The topological polar surface area (TPSA) is 556 Å². The van der Waals surface area contributed by atoms with Gasteiger partial charge in [-0.1, -0.05) is 92.5 Å². The van der Waals surface area contributed by atoms with Crippen molar-refractivity contribution >= 4 is 105 Å². The normalized spacial score (nSPS) is 23.0. The first kappa shape index (κ1) is 74.0. The molecule has 480 valence electrons. The highest BCUT2D eigenvalue weighted by atomic mass is 33.1. The second-order valence-electron chi connectivity index (χ2n) is 20.5. The Kier molecular flexibility index (Phi) is 33.3. The molecule has 1 aromatic carbocycles. The molecule has 86 heavy (non-hydrogen) atoms. The summed E-state index contributed by atoms with van der Waals surface area (Å²) in [5.74, 6) is -13.9. The first-order valence-electron chi connectivity index (χ1n) is 28.0. The zero-order chi connectivity index (χ0) is 64.6. The van der Waals surface area contributed by atoms with Crippen LogP contribution < -0.4 is 88.0 Å². The first-order valence-corrected chi connectivity index (χ1v) is 30.4. The Morgan fingerprint density at radius 2 is 1.06 bits per heavy atom. The van der Waals surface area contributed by atoms with Gasteiger partial charge in [0.25, 0.3) is 0 Å². The van der Waals surface area contributed by atoms with E-state index in [0.717, 1.165) is 21.6 Å². The van der Waals surface area contributed by atoms with E-state index < -0.39 is 144 Å². The quantitative estimate of drug-likeness (QED) is 0.0189. The molecular formula is C52H87N19O13S2. The van der Waals surface area contributed by atoms with Gasteiger partial charge in [0.1, 0.15) is 54.4 Å². The highest BCUT2D eigenvalue weighted by Crippen LogP contribution is 2.24. The van der Waals surface area contributed by atoms with Crippen LogP contribution in [0, 0.1) is 11.8 Å². The van der Waals surface area contributed by atoms with Gasteiger partial charge in [0.05, 0.1) is 12.5 Å². The van der Waals surface area contributed by atoms with Crippen molar-refractivity contribution in [1.29, 1.82) is 0 Å². The van der Waals surface area contributed by atoms with Crippen LogP contribution in [0.2, 0.25) is 0 Å². The summed E-state index contributed by atoms with van der Waals surface area (Å²) in [4.78, 5) is 164. The van der Waals surface area contributed by atoms with Gasteiger partial charge in [-0.25, -0.2) is 4.79 Å². The van der Waals surface area contributed by atoms with Crippen molar-refractivity contribution in [3.8, 4) is 0 Å². The fraction of sp³-hybridized carbons (Fsp3) is 0.615. The van der Waals surface area contributed by atoms with Crippen LogP contribution in [0.25, 0.3) is 0 Å². The number of aliphatic carboxylic acids is 2. The number of nitrogens with one attached hydrogen (secondary N) is 9. The molecule has 1 saturated heterocycles. The van der Waals surface area contributed by atoms with Crippen molar-refractivity contribution in [2.24, 2.45) is 66.9 Å². The molecule has 0 aliphatic carbocycles. The van der Waals surface area contributed by atoms with Crippen molar-refractivity contribution in [1.82, 2.24) is 47.9 Å². The number of aliphatic imine (C=N–C) groups is 3. The fourth-order valence-corrected chi connectivity index (χ4v) is 10.5. The summed E-state index contributed by atoms with van der Waals surface area (Å²) in [6, 6.07) is -6.38. The minimum atomic E-state index is -1.89. The zero-order valence-electron chi connectivity index (χ0n) is 49.0. The average Bonchev–Trinajstić information content (AvgIpc) is 2.60. The molecule has 1 aliphatic heterocycles. The number of benzene rings is 1. The third-order valence-corrected chi connectivity index (χ3v) is 16.0. The smallest absolute Gasteiger partial charge is 0.326 e. The minimum absolute atomic E-state index is 0.0226. The van der Waals surface area contributed by atoms with Crippen LogP contribution in [0.3, 0.4) is 0 Å². The number of guanidine groups is 3. The van der Waals surface area contributed by atoms with Crippen molar-refractivity contribution in [2.75, 3.05) is 31.1 Å². The Morgan fingerprint density at radius 1 is 0.593 bits per heavy atom. The number of hydrogen-bond acceptors (Lipinski definition) is 17. The Bertz CT molecular complexity index is 2560. The summed E-state index contributed by atoms with van der Waals surface area (Å²) in [5, 5.41) is 43.1. The van der Waals surface area contributed by atoms with Crippen molar-refractivity contribution in [3.63, 3.8) is 0 Å². The van der Waals surface area contributed by atoms with E-state index in [2.05, 4.69) is 62.8 Å². The highest BCUT2D eigenvalue weighted by molar-refractivity contribution is 8.76. The molecule has 32 nitrogen and oxygen atoms in total. The summed E-state index contributed by atoms with van der Waals surface area (Å²) in [5.41, 5.74) is 39.7. The van der Waals surface area contributed by atoms with Gasteiger partial charge in [-0.3, -0.25) is 62.9 Å². The third kappa shape index (κ3) is 27.7. The van der Waals surface area contributed by atoms with Gasteiger partial charge < -0.3 is 98.2 Å². The molecule has 0 bridgehead atoms. The van der Waals surface area contributed by atoms with E-state index in [9.17, 15) is 63.0 Å². The Labute approximate surface area is 506 Å². The monoisotopic (exact) mass is 1250 g/mol. The van der Waals surface area contributed by atoms with E-state index in [4.69, 9.17) is 40.1 Å². The largest absolute Gasteiger partial charge is 0.481 e. The summed E-state index contributed by atoms with van der Waals surface area (Å²) < 4.78 is 0. The zero-order valence-corrected chi connectivity index (χ0v) is 50.6. The maximum atomic E-state index is 14.7. The molecule has 1 aliphatic rings. The molecule has 2 unspecified atom stereocenters. The van der Waals surface area contributed by atoms with E-state index in [1.54, 1.807) is 58.0 Å². The molecule has 2 rings (SSSR count). The summed E-state index contributed by atoms with van der Waals surface area (Å²) in [6.45, 7) is 7.96. The Morgan fingerprint density at radius 3 is 1.55 bits per heavy atom. The van der Waals surface area contributed by atoms with Crippen LogP contribution >= 0.6 is 21.6 Å². The molecule has 1 heterocycles. The number of rotatable bonds is 25. The Hall–Kier alpha value is -8.14. The van der Waals surface area contributed by atoms with E-state index in [1.807, 2.05) is 0 Å². The lowest BCUT2D eigenvalue weighted by molar-refractivity contribution is -0.142. The predicted octanol–water partition coefficient (Wildman–Crippen LogP) is -4.85. The molecular weight excluding hydrogens is 1160 g/mol. The van der Waals surface area contributed by atoms with Gasteiger partial charge in [-0.2, -0.15) is 0 Å². The minimum Gasteiger partial charge on any atom is -0.481 e. The standard InChI is InChI=1S/C52H87N19O13S2/c1-6-26(3)38-47(81)68-35(23-37(72)73)45(79)65-32(17-12-20-61-51(56)57)43(77)71-39(27(4)7-2)48(82)69-36(25-86-85-24-30(53)41(75)63-28(5)40(74)64-31(42(76)70-38)16-11-19-60-50(54)55)46(80)67-34(22-29-14-9-8-10-15-29)44(78)66-33(49(83)84)18-13-21-62-52(58)59/h8-10,14-15,26-28,30-36,38-39H,6-7,11-13,16-25,53H2,1-5H3,(H,63,75)(H,64,74)(H,65,79)(H,66,78)(H,67,80)(H,68,81)(H,69,82)(H,70,76)(H,71,77)(H,72,73)(H,83,84)(H4,54,55,60)(H4,56,57,61)(H4,58,59,62)/t26-,27-,28+,30-,31-,32-,33-,34-,35?,36?,38-,39-/m0/s1. The van der Waals surface area contributed by atoms with Crippen molar-refractivity contribution < 1.29 is 63.0 Å². The SMILES string of the molecule is CC[C@H](C)[C@@H]1NC(=O)[C@H](CCCN=C(N)N)NC(=O)C(CC(=O)O)NC(=O)[C@H]([C@@H](C)CC)NC(=O)[C@H](CCCN=C(N)N)NC(=O)[C@@H](C)NC(=O)[C@@H](N)CSSCC(C(=O)N[C@@H](Cc2ccccc2)C(=O)N[C@@H](CCCN=C(N)N)C(=O)O)NC1=O. The van der Waals surface area contributed by atoms with Crippen LogP contribution in [-0.4, -0.2) is 185 Å². The lowest BCUT2D eigenvalue weighted by Crippen LogP contribution is -2.62. The average molecular weight is 1250 g/mol. The van der Waals surface area contributed by atoms with E-state index >= 15 is 0 Å². The maximum absolute atomic E-state index is 14.7. The van der Waals surface area contributed by atoms with Crippen LogP contribution in [0.4, 0.5) is 0 Å². The number of amides is 9. The number of carbonyl (C=O) groups excluding carboxylic acids is 9. The molecule has 12 atom stereocenters. The third-order valence-electron chi connectivity index (χ3n) is 13.5. The molecule has 34 heteroatoms. The van der Waals surface area contributed by atoms with Crippen LogP contribution in [-0.2, 0) is 59.2 Å². The van der Waals surface area contributed by atoms with Gasteiger partial charge in [-0.05, 0) is 62.8 Å². The maximum Gasteiger partial charge on any atom is 0.326 e. The van der Waals surface area contributed by atoms with Crippen molar-refractivity contribution in [2.45, 2.75) is 159 Å². The lowest BCUT2D eigenvalue weighted by atomic mass is 9.96. The molecule has 1 fully saturated rings. The molecule has 25 N–H and O–H groups in total. The van der Waals surface area contributed by atoms with Gasteiger partial charge in [0.15, 0.2) is 17.9 Å². The predicted molar refractivity (Wildman–Crippen MR) is 325 cm³/mol. The lowest BCUT2D eigenvalue weighted by Gasteiger charge is -2.30. The summed E-state index contributed by atoms with van der Waals surface area (Å²) >= 11 is 0. The molecule has 0 radical (unpaired) electrons. The number of hydrogen-bond donors (Lipinski definition) is 18. The number of nitrogens with zero attached hydrogens (tertiary/aromatic N) is 3. The van der Waals surface area contributed by atoms with Crippen LogP contribution in [0.15, 0.2) is 45.3 Å². The molecule has 1 aromatic rings. The number of carboxylic acids is 2. The van der Waals surface area contributed by atoms with Gasteiger partial charge in [-0.15, -0.1) is 0 Å². The molecule has 9 amide bonds. The van der Waals surface area contributed by atoms with Gasteiger partial charge >= 0.3 is 11.9 Å². The molecule has 0 spiro atoms. The van der Waals surface area contributed by atoms with E-state index in [-0.39, 0.29) is 107 Å². The second kappa shape index (κ2) is 38.7. The van der Waals surface area contributed by atoms with Crippen LogP contribution in [0.1, 0.15) is 98.0 Å². The number of carboxylic acid groups (broad SMARTS) is 2. The highest BCUT2D eigenvalue weighted by Gasteiger charge is 2.38. The van der Waals surface area contributed by atoms with Gasteiger partial charge in [0.2, 0.25) is 53.2 Å². The van der Waals surface area contributed by atoms with Crippen molar-refractivity contribution in [3.05, 3.63) is 35.9 Å². The fourth-order valence-electron chi connectivity index (χ4n) is 8.18. The summed E-state index contributed by atoms with van der Waals surface area (Å²) in [6.07, 6.45) is -0.791. The first-order chi connectivity index (χ1) is 40.6. The van der Waals surface area contributed by atoms with E-state index in [0.29, 0.717) is 5.56 Å². The second-order valence-corrected chi connectivity index (χ2v) is 23.0. The summed E-state index contributed by atoms with van der Waals surface area (Å²) in [7, 11) is 1.96. The van der Waals surface area contributed by atoms with Crippen LogP contribution in [0.5, 0.6) is 0 Å². The number of nitrogens with two attached hydrogens (primary N) is 7. The molecule has 0 saturated carbocycles. The van der Waals surface area contributed by atoms with Gasteiger partial charge in [0, 0.05) is 37.6 Å². The Balaban J connectivity index is 2.81. The van der Waals surface area contributed by atoms with E-state index in [1.165, 1.54) is 6.92 Å². The molecule has 0 aromatic heterocycles.